The fraction of sp³-hybridized carbons (Fsp3) is 0.208. The molecule has 3 aromatic carbocycles. The summed E-state index contributed by atoms with van der Waals surface area (Å²) in [7, 11) is 0. The Bertz CT molecular complexity index is 936. The van der Waals surface area contributed by atoms with Gasteiger partial charge in [-0.25, -0.2) is 0 Å². The lowest BCUT2D eigenvalue weighted by Crippen LogP contribution is -2.38. The number of fused-ring (bicyclic) bond motifs is 3. The predicted molar refractivity (Wildman–Crippen MR) is 111 cm³/mol. The molecule has 0 spiro atoms. The van der Waals surface area contributed by atoms with E-state index in [1.807, 2.05) is 47.4 Å². The average Bonchev–Trinajstić information content (AvgIpc) is 2.81. The van der Waals surface area contributed by atoms with E-state index in [4.69, 9.17) is 5.73 Å². The van der Waals surface area contributed by atoms with Crippen LogP contribution in [0.4, 0.5) is 5.69 Å². The zero-order valence-corrected chi connectivity index (χ0v) is 15.3. The molecular formula is C24H24N2O. The molecule has 1 heterocycles. The summed E-state index contributed by atoms with van der Waals surface area (Å²) < 4.78 is 0. The van der Waals surface area contributed by atoms with Gasteiger partial charge in [-0.2, -0.15) is 0 Å². The Morgan fingerprint density at radius 2 is 1.44 bits per heavy atom. The number of hydrogen-bond donors (Lipinski definition) is 1. The lowest BCUT2D eigenvalue weighted by atomic mass is 9.96. The first-order chi connectivity index (χ1) is 13.3. The largest absolute Gasteiger partial charge is 0.316 e. The number of carbonyl (C=O) groups excluding carboxylic acids is 1. The molecule has 3 nitrogen and oxygen atoms in total. The van der Waals surface area contributed by atoms with Gasteiger partial charge < -0.3 is 10.6 Å². The maximum atomic E-state index is 13.1. The number of unbranched alkanes of at least 4 members (excludes halogenated alkanes) is 1. The number of nitrogens with two attached hydrogens (primary N) is 1. The molecule has 0 radical (unpaired) electrons. The van der Waals surface area contributed by atoms with Crippen molar-refractivity contribution < 1.29 is 4.79 Å². The van der Waals surface area contributed by atoms with E-state index in [0.29, 0.717) is 6.54 Å². The van der Waals surface area contributed by atoms with Crippen molar-refractivity contribution in [2.75, 3.05) is 11.4 Å². The molecule has 0 fully saturated rings. The van der Waals surface area contributed by atoms with Crippen LogP contribution in [0.2, 0.25) is 0 Å². The number of amides is 1. The first kappa shape index (κ1) is 17.5. The van der Waals surface area contributed by atoms with Crippen LogP contribution in [0.1, 0.15) is 30.0 Å². The second kappa shape index (κ2) is 7.77. The van der Waals surface area contributed by atoms with Crippen LogP contribution < -0.4 is 10.6 Å². The zero-order valence-electron chi connectivity index (χ0n) is 15.3. The van der Waals surface area contributed by atoms with Gasteiger partial charge in [-0.05, 0) is 42.0 Å². The summed E-state index contributed by atoms with van der Waals surface area (Å²) in [6.07, 6.45) is 3.01. The minimum atomic E-state index is -0.622. The van der Waals surface area contributed by atoms with Crippen LogP contribution in [0.15, 0.2) is 78.9 Å². The van der Waals surface area contributed by atoms with Gasteiger partial charge in [0.25, 0.3) is 0 Å². The van der Waals surface area contributed by atoms with Crippen molar-refractivity contribution >= 4 is 11.6 Å². The second-order valence-electron chi connectivity index (χ2n) is 7.01. The van der Waals surface area contributed by atoms with E-state index in [1.165, 1.54) is 5.56 Å². The van der Waals surface area contributed by atoms with Crippen molar-refractivity contribution in [3.8, 4) is 11.1 Å². The topological polar surface area (TPSA) is 46.3 Å². The number of nitrogens with zero attached hydrogens (tertiary/aromatic N) is 1. The molecule has 0 aliphatic carbocycles. The highest BCUT2D eigenvalue weighted by Gasteiger charge is 2.31. The van der Waals surface area contributed by atoms with Gasteiger partial charge in [0, 0.05) is 12.1 Å². The Morgan fingerprint density at radius 1 is 0.778 bits per heavy atom. The van der Waals surface area contributed by atoms with Gasteiger partial charge in [-0.15, -0.1) is 0 Å². The zero-order chi connectivity index (χ0) is 18.6. The fourth-order valence-corrected chi connectivity index (χ4v) is 3.84. The van der Waals surface area contributed by atoms with Crippen molar-refractivity contribution in [3.05, 3.63) is 90.0 Å². The van der Waals surface area contributed by atoms with Gasteiger partial charge >= 0.3 is 0 Å². The van der Waals surface area contributed by atoms with Crippen molar-refractivity contribution in [2.45, 2.75) is 25.3 Å². The van der Waals surface area contributed by atoms with Gasteiger partial charge in [-0.1, -0.05) is 72.8 Å². The molecule has 27 heavy (non-hydrogen) atoms. The summed E-state index contributed by atoms with van der Waals surface area (Å²) in [5.41, 5.74) is 11.7. The summed E-state index contributed by atoms with van der Waals surface area (Å²) in [5, 5.41) is 0. The molecule has 1 atom stereocenters. The van der Waals surface area contributed by atoms with Gasteiger partial charge in [0.05, 0.1) is 5.69 Å². The molecule has 0 saturated heterocycles. The Labute approximate surface area is 160 Å². The quantitative estimate of drug-likeness (QED) is 0.672. The molecule has 1 unspecified atom stereocenters. The van der Waals surface area contributed by atoms with E-state index < -0.39 is 6.04 Å². The summed E-state index contributed by atoms with van der Waals surface area (Å²) in [5.74, 6) is -0.0212. The minimum absolute atomic E-state index is 0.0212. The molecule has 0 saturated carbocycles. The first-order valence-corrected chi connectivity index (χ1v) is 9.55. The smallest absolute Gasteiger partial charge is 0.248 e. The van der Waals surface area contributed by atoms with Crippen molar-refractivity contribution in [1.82, 2.24) is 0 Å². The molecule has 0 aromatic heterocycles. The molecular weight excluding hydrogens is 332 g/mol. The van der Waals surface area contributed by atoms with Gasteiger partial charge in [-0.3, -0.25) is 4.79 Å². The van der Waals surface area contributed by atoms with Crippen LogP contribution in [-0.4, -0.2) is 12.5 Å². The number of aryl methyl sites for hydroxylation is 1. The number of hydrogen-bond acceptors (Lipinski definition) is 2. The van der Waals surface area contributed by atoms with Crippen LogP contribution in [0.5, 0.6) is 0 Å². The van der Waals surface area contributed by atoms with E-state index in [0.717, 1.165) is 41.6 Å². The molecule has 3 aromatic rings. The normalized spacial score (nSPS) is 15.8. The summed E-state index contributed by atoms with van der Waals surface area (Å²) in [4.78, 5) is 15.0. The lowest BCUT2D eigenvalue weighted by Gasteiger charge is -2.25. The summed E-state index contributed by atoms with van der Waals surface area (Å²) >= 11 is 0. The van der Waals surface area contributed by atoms with Gasteiger partial charge in [0.1, 0.15) is 6.04 Å². The number of rotatable bonds is 5. The summed E-state index contributed by atoms with van der Waals surface area (Å²) in [6, 6.07) is 25.9. The standard InChI is InChI=1S/C24H24N2O/c25-23-21-15-5-4-13-19(21)20-14-6-7-16-22(20)26(24(23)27)17-9-8-12-18-10-2-1-3-11-18/h1-7,10-11,13-16,23H,8-9,12,17,25H2. The Morgan fingerprint density at radius 3 is 2.26 bits per heavy atom. The number of anilines is 1. The highest BCUT2D eigenvalue weighted by molar-refractivity contribution is 6.04. The third-order valence-electron chi connectivity index (χ3n) is 5.25. The van der Waals surface area contributed by atoms with E-state index in [2.05, 4.69) is 36.4 Å². The van der Waals surface area contributed by atoms with Crippen LogP contribution in [0, 0.1) is 0 Å². The molecule has 1 aliphatic rings. The maximum Gasteiger partial charge on any atom is 0.248 e. The molecule has 1 aliphatic heterocycles. The molecule has 3 heteroatoms. The van der Waals surface area contributed by atoms with Crippen LogP contribution >= 0.6 is 0 Å². The fourth-order valence-electron chi connectivity index (χ4n) is 3.84. The molecule has 4 rings (SSSR count). The van der Waals surface area contributed by atoms with E-state index in [1.54, 1.807) is 0 Å². The van der Waals surface area contributed by atoms with Gasteiger partial charge in [0.2, 0.25) is 5.91 Å². The van der Waals surface area contributed by atoms with Crippen molar-refractivity contribution in [1.29, 1.82) is 0 Å². The molecule has 2 N–H and O–H groups in total. The summed E-state index contributed by atoms with van der Waals surface area (Å²) in [6.45, 7) is 0.685. The van der Waals surface area contributed by atoms with E-state index in [9.17, 15) is 4.79 Å². The third kappa shape index (κ3) is 3.51. The Hall–Kier alpha value is -2.91. The minimum Gasteiger partial charge on any atom is -0.316 e. The van der Waals surface area contributed by atoms with Crippen LogP contribution in [0.25, 0.3) is 11.1 Å². The van der Waals surface area contributed by atoms with Crippen LogP contribution in [-0.2, 0) is 11.2 Å². The van der Waals surface area contributed by atoms with Crippen LogP contribution in [0.3, 0.4) is 0 Å². The predicted octanol–water partition coefficient (Wildman–Crippen LogP) is 4.72. The number of carbonyl (C=O) groups is 1. The number of benzene rings is 3. The van der Waals surface area contributed by atoms with E-state index >= 15 is 0 Å². The van der Waals surface area contributed by atoms with E-state index in [-0.39, 0.29) is 5.91 Å². The third-order valence-corrected chi connectivity index (χ3v) is 5.25. The van der Waals surface area contributed by atoms with Crippen molar-refractivity contribution in [2.24, 2.45) is 5.73 Å². The molecule has 0 bridgehead atoms. The van der Waals surface area contributed by atoms with Crippen molar-refractivity contribution in [3.63, 3.8) is 0 Å². The molecule has 136 valence electrons. The lowest BCUT2D eigenvalue weighted by molar-refractivity contribution is -0.119. The SMILES string of the molecule is NC1C(=O)N(CCCCc2ccccc2)c2ccccc2-c2ccccc21. The second-order valence-corrected chi connectivity index (χ2v) is 7.01. The highest BCUT2D eigenvalue weighted by Crippen LogP contribution is 2.39. The average molecular weight is 356 g/mol. The highest BCUT2D eigenvalue weighted by atomic mass is 16.2. The van der Waals surface area contributed by atoms with Gasteiger partial charge in [0.15, 0.2) is 0 Å². The molecule has 1 amide bonds. The Balaban J connectivity index is 1.57. The monoisotopic (exact) mass is 356 g/mol. The maximum absolute atomic E-state index is 13.1. The Kier molecular flexibility index (Phi) is 5.03. The number of para-hydroxylation sites is 1. The first-order valence-electron chi connectivity index (χ1n) is 9.55.